The minimum absolute atomic E-state index is 0.0196. The molecule has 2 aliphatic rings. The number of fused-ring (bicyclic) bond motifs is 1. The fourth-order valence-electron chi connectivity index (χ4n) is 3.12. The van der Waals surface area contributed by atoms with E-state index in [0.717, 1.165) is 28.3 Å². The van der Waals surface area contributed by atoms with Gasteiger partial charge in [-0.05, 0) is 36.8 Å². The van der Waals surface area contributed by atoms with Crippen molar-refractivity contribution in [1.29, 1.82) is 0 Å². The smallest absolute Gasteiger partial charge is 0.231 e. The molecule has 0 aliphatic carbocycles. The molecule has 0 aromatic heterocycles. The van der Waals surface area contributed by atoms with Crippen LogP contribution in [0, 0.1) is 0 Å². The highest BCUT2D eigenvalue weighted by molar-refractivity contribution is 6.02. The van der Waals surface area contributed by atoms with Crippen molar-refractivity contribution in [2.45, 2.75) is 25.6 Å². The Balaban J connectivity index is 1.65. The molecule has 0 amide bonds. The number of phenolic OH excluding ortho intramolecular Hbond substituents is 1. The third-order valence-corrected chi connectivity index (χ3v) is 4.21. The number of hydrogen-bond acceptors (Lipinski definition) is 5. The second kappa shape index (κ2) is 5.59. The van der Waals surface area contributed by atoms with Gasteiger partial charge in [0.25, 0.3) is 0 Å². The molecule has 2 aliphatic heterocycles. The number of ether oxygens (including phenoxy) is 2. The van der Waals surface area contributed by atoms with Crippen molar-refractivity contribution in [3.63, 3.8) is 0 Å². The molecule has 0 saturated carbocycles. The normalized spacial score (nSPS) is 22.7. The molecular weight excluding hydrogens is 292 g/mol. The Labute approximate surface area is 134 Å². The van der Waals surface area contributed by atoms with E-state index in [9.17, 15) is 5.11 Å². The zero-order valence-corrected chi connectivity index (χ0v) is 12.8. The molecular formula is C18H18N2O3. The summed E-state index contributed by atoms with van der Waals surface area (Å²) in [6.07, 6.45) is 0.690. The van der Waals surface area contributed by atoms with Gasteiger partial charge in [-0.15, -0.1) is 0 Å². The van der Waals surface area contributed by atoms with Gasteiger partial charge in [0, 0.05) is 23.7 Å². The van der Waals surface area contributed by atoms with Crippen LogP contribution in [0.5, 0.6) is 17.2 Å². The number of aliphatic imine (C=N–C) groups is 1. The van der Waals surface area contributed by atoms with Gasteiger partial charge < -0.3 is 14.6 Å². The molecule has 0 bridgehead atoms. The van der Waals surface area contributed by atoms with Crippen LogP contribution in [0.3, 0.4) is 0 Å². The molecule has 2 aromatic carbocycles. The maximum Gasteiger partial charge on any atom is 0.231 e. The Kier molecular flexibility index (Phi) is 3.42. The zero-order valence-electron chi connectivity index (χ0n) is 12.8. The molecule has 2 atom stereocenters. The third-order valence-electron chi connectivity index (χ3n) is 4.21. The Morgan fingerprint density at radius 3 is 2.83 bits per heavy atom. The average molecular weight is 310 g/mol. The van der Waals surface area contributed by atoms with E-state index in [1.165, 1.54) is 0 Å². The number of nitrogens with one attached hydrogen (secondary N) is 1. The van der Waals surface area contributed by atoms with Crippen LogP contribution in [0.4, 0.5) is 0 Å². The van der Waals surface area contributed by atoms with Gasteiger partial charge >= 0.3 is 0 Å². The van der Waals surface area contributed by atoms with E-state index < -0.39 is 0 Å². The van der Waals surface area contributed by atoms with E-state index in [4.69, 9.17) is 14.5 Å². The second-order valence-corrected chi connectivity index (χ2v) is 5.80. The summed E-state index contributed by atoms with van der Waals surface area (Å²) < 4.78 is 10.8. The van der Waals surface area contributed by atoms with E-state index in [1.54, 1.807) is 6.07 Å². The van der Waals surface area contributed by atoms with Gasteiger partial charge in [0.15, 0.2) is 11.5 Å². The summed E-state index contributed by atoms with van der Waals surface area (Å²) in [5.41, 5.74) is 2.93. The standard InChI is InChI=1S/C18H18N2O3/c1-11-19-14(12-6-7-17-18(8-12)23-10-22-17)9-15(20-11)13-4-2-3-5-16(13)21/h2-8,11,15,20-21H,9-10H2,1H3. The summed E-state index contributed by atoms with van der Waals surface area (Å²) in [6, 6.07) is 13.4. The lowest BCUT2D eigenvalue weighted by atomic mass is 9.94. The number of aromatic hydroxyl groups is 1. The lowest BCUT2D eigenvalue weighted by molar-refractivity contribution is 0.174. The Morgan fingerprint density at radius 2 is 1.96 bits per heavy atom. The van der Waals surface area contributed by atoms with Crippen LogP contribution in [-0.4, -0.2) is 23.8 Å². The van der Waals surface area contributed by atoms with E-state index in [-0.39, 0.29) is 19.0 Å². The van der Waals surface area contributed by atoms with Crippen molar-refractivity contribution >= 4 is 5.71 Å². The highest BCUT2D eigenvalue weighted by Gasteiger charge is 2.25. The number of hydrogen-bond donors (Lipinski definition) is 2. The van der Waals surface area contributed by atoms with Gasteiger partial charge in [0.05, 0.1) is 6.17 Å². The molecule has 2 heterocycles. The average Bonchev–Trinajstić information content (AvgIpc) is 3.02. The van der Waals surface area contributed by atoms with Crippen LogP contribution in [0.25, 0.3) is 0 Å². The van der Waals surface area contributed by atoms with Crippen molar-refractivity contribution in [3.8, 4) is 17.2 Å². The van der Waals surface area contributed by atoms with Gasteiger partial charge in [-0.3, -0.25) is 10.3 Å². The molecule has 2 N–H and O–H groups in total. The number of benzene rings is 2. The third kappa shape index (κ3) is 2.64. The van der Waals surface area contributed by atoms with Crippen LogP contribution in [-0.2, 0) is 0 Å². The number of phenols is 1. The van der Waals surface area contributed by atoms with Crippen molar-refractivity contribution < 1.29 is 14.6 Å². The highest BCUT2D eigenvalue weighted by Crippen LogP contribution is 2.35. The summed E-state index contributed by atoms with van der Waals surface area (Å²) >= 11 is 0. The molecule has 5 nitrogen and oxygen atoms in total. The van der Waals surface area contributed by atoms with Crippen LogP contribution in [0.2, 0.25) is 0 Å². The first-order valence-corrected chi connectivity index (χ1v) is 7.71. The molecule has 23 heavy (non-hydrogen) atoms. The van der Waals surface area contributed by atoms with Crippen molar-refractivity contribution in [2.24, 2.45) is 4.99 Å². The minimum Gasteiger partial charge on any atom is -0.508 e. The van der Waals surface area contributed by atoms with E-state index >= 15 is 0 Å². The zero-order chi connectivity index (χ0) is 15.8. The second-order valence-electron chi connectivity index (χ2n) is 5.80. The molecule has 0 radical (unpaired) electrons. The Hall–Kier alpha value is -2.53. The largest absolute Gasteiger partial charge is 0.508 e. The maximum atomic E-state index is 10.1. The van der Waals surface area contributed by atoms with Gasteiger partial charge in [-0.1, -0.05) is 18.2 Å². The minimum atomic E-state index is -0.0196. The number of nitrogens with zero attached hydrogens (tertiary/aromatic N) is 1. The predicted octanol–water partition coefficient (Wildman–Crippen LogP) is 2.99. The fraction of sp³-hybridized carbons (Fsp3) is 0.278. The molecule has 0 saturated heterocycles. The number of rotatable bonds is 2. The quantitative estimate of drug-likeness (QED) is 0.895. The predicted molar refractivity (Wildman–Crippen MR) is 87.2 cm³/mol. The topological polar surface area (TPSA) is 63.1 Å². The van der Waals surface area contributed by atoms with E-state index in [1.807, 2.05) is 43.3 Å². The lowest BCUT2D eigenvalue weighted by Crippen LogP contribution is -2.36. The molecule has 2 aromatic rings. The summed E-state index contributed by atoms with van der Waals surface area (Å²) in [7, 11) is 0. The molecule has 2 unspecified atom stereocenters. The van der Waals surface area contributed by atoms with Crippen LogP contribution in [0.15, 0.2) is 47.5 Å². The molecule has 5 heteroatoms. The van der Waals surface area contributed by atoms with Gasteiger partial charge in [0.1, 0.15) is 5.75 Å². The molecule has 118 valence electrons. The first kappa shape index (κ1) is 14.1. The van der Waals surface area contributed by atoms with Gasteiger partial charge in [-0.25, -0.2) is 0 Å². The Bertz CT molecular complexity index is 773. The maximum absolute atomic E-state index is 10.1. The molecule has 4 rings (SSSR count). The van der Waals surface area contributed by atoms with Crippen LogP contribution in [0.1, 0.15) is 30.5 Å². The summed E-state index contributed by atoms with van der Waals surface area (Å²) in [6.45, 7) is 2.28. The first-order chi connectivity index (χ1) is 11.2. The van der Waals surface area contributed by atoms with E-state index in [0.29, 0.717) is 12.2 Å². The monoisotopic (exact) mass is 310 g/mol. The SMILES string of the molecule is CC1N=C(c2ccc3c(c2)OCO3)CC(c2ccccc2O)N1. The Morgan fingerprint density at radius 1 is 1.13 bits per heavy atom. The highest BCUT2D eigenvalue weighted by atomic mass is 16.7. The van der Waals surface area contributed by atoms with E-state index in [2.05, 4.69) is 5.32 Å². The summed E-state index contributed by atoms with van der Waals surface area (Å²) in [5.74, 6) is 1.84. The molecule has 0 spiro atoms. The first-order valence-electron chi connectivity index (χ1n) is 7.71. The van der Waals surface area contributed by atoms with Crippen molar-refractivity contribution in [1.82, 2.24) is 5.32 Å². The molecule has 0 fully saturated rings. The summed E-state index contributed by atoms with van der Waals surface area (Å²) in [4.78, 5) is 4.71. The van der Waals surface area contributed by atoms with Crippen molar-refractivity contribution in [3.05, 3.63) is 53.6 Å². The fourth-order valence-corrected chi connectivity index (χ4v) is 3.12. The lowest BCUT2D eigenvalue weighted by Gasteiger charge is -2.28. The van der Waals surface area contributed by atoms with Crippen LogP contribution < -0.4 is 14.8 Å². The van der Waals surface area contributed by atoms with Gasteiger partial charge in [-0.2, -0.15) is 0 Å². The number of para-hydroxylation sites is 1. The van der Waals surface area contributed by atoms with Crippen LogP contribution >= 0.6 is 0 Å². The van der Waals surface area contributed by atoms with Crippen molar-refractivity contribution in [2.75, 3.05) is 6.79 Å². The van der Waals surface area contributed by atoms with Gasteiger partial charge in [0.2, 0.25) is 6.79 Å². The summed E-state index contributed by atoms with van der Waals surface area (Å²) in [5, 5.41) is 13.5.